The maximum absolute atomic E-state index is 9.70. The van der Waals surface area contributed by atoms with Crippen molar-refractivity contribution in [1.82, 2.24) is 15.0 Å². The van der Waals surface area contributed by atoms with Crippen LogP contribution in [0.5, 0.6) is 0 Å². The molecule has 1 aromatic heterocycles. The summed E-state index contributed by atoms with van der Waals surface area (Å²) in [4.78, 5) is 14.9. The Kier molecular flexibility index (Phi) is 8.24. The molecule has 258 valence electrons. The lowest BCUT2D eigenvalue weighted by molar-refractivity contribution is 0.660. The van der Waals surface area contributed by atoms with Crippen LogP contribution in [0.4, 0.5) is 11.4 Å². The van der Waals surface area contributed by atoms with Gasteiger partial charge < -0.3 is 5.32 Å². The molecule has 1 aliphatic carbocycles. The Bertz CT molecular complexity index is 2590. The number of fused-ring (bicyclic) bond motifs is 3. The van der Waals surface area contributed by atoms with Crippen molar-refractivity contribution in [1.29, 1.82) is 5.41 Å². The summed E-state index contributed by atoms with van der Waals surface area (Å²) in [5.41, 5.74) is 13.5. The summed E-state index contributed by atoms with van der Waals surface area (Å²) in [6.45, 7) is 4.55. The molecule has 0 amide bonds. The molecule has 0 radical (unpaired) electrons. The predicted molar refractivity (Wildman–Crippen MR) is 221 cm³/mol. The summed E-state index contributed by atoms with van der Waals surface area (Å²) in [7, 11) is 0. The summed E-state index contributed by atoms with van der Waals surface area (Å²) < 4.78 is 0. The van der Waals surface area contributed by atoms with Crippen molar-refractivity contribution in [2.24, 2.45) is 0 Å². The molecular weight excluding hydrogens is 659 g/mol. The number of rotatable bonds is 8. The zero-order chi connectivity index (χ0) is 36.6. The number of hydrogen-bond acceptors (Lipinski definition) is 5. The highest BCUT2D eigenvalue weighted by Crippen LogP contribution is 2.50. The molecule has 0 saturated heterocycles. The topological polar surface area (TPSA) is 74.6 Å². The van der Waals surface area contributed by atoms with Gasteiger partial charge in [-0.25, -0.2) is 15.0 Å². The maximum atomic E-state index is 9.70. The number of nitrogens with zero attached hydrogens (tertiary/aromatic N) is 3. The third-order valence-corrected chi connectivity index (χ3v) is 10.4. The van der Waals surface area contributed by atoms with Crippen LogP contribution in [0, 0.1) is 5.41 Å². The van der Waals surface area contributed by atoms with Crippen LogP contribution in [-0.2, 0) is 5.41 Å². The van der Waals surface area contributed by atoms with Crippen LogP contribution in [-0.4, -0.2) is 20.7 Å². The summed E-state index contributed by atoms with van der Waals surface area (Å²) >= 11 is 0. The maximum Gasteiger partial charge on any atom is 0.164 e. The van der Waals surface area contributed by atoms with Crippen molar-refractivity contribution in [3.63, 3.8) is 0 Å². The van der Waals surface area contributed by atoms with Crippen LogP contribution in [0.3, 0.4) is 0 Å². The normalized spacial score (nSPS) is 12.5. The summed E-state index contributed by atoms with van der Waals surface area (Å²) in [6, 6.07) is 60.0. The van der Waals surface area contributed by atoms with E-state index in [1.54, 1.807) is 0 Å². The lowest BCUT2D eigenvalue weighted by Gasteiger charge is -2.22. The monoisotopic (exact) mass is 695 g/mol. The van der Waals surface area contributed by atoms with E-state index >= 15 is 0 Å². The Morgan fingerprint density at radius 3 is 1.54 bits per heavy atom. The molecule has 0 unspecified atom stereocenters. The second-order valence-electron chi connectivity index (χ2n) is 14.2. The number of benzene rings is 7. The third-order valence-electron chi connectivity index (χ3n) is 10.4. The molecule has 0 aliphatic heterocycles. The Hall–Kier alpha value is -6.98. The lowest BCUT2D eigenvalue weighted by Crippen LogP contribution is -2.15. The Balaban J connectivity index is 1.15. The average Bonchev–Trinajstić information content (AvgIpc) is 3.46. The first kappa shape index (κ1) is 32.9. The quantitative estimate of drug-likeness (QED) is 0.155. The Morgan fingerprint density at radius 1 is 0.463 bits per heavy atom. The molecule has 8 aromatic rings. The highest BCUT2D eigenvalue weighted by atomic mass is 15.0. The van der Waals surface area contributed by atoms with Gasteiger partial charge in [0.05, 0.1) is 5.71 Å². The Labute approximate surface area is 315 Å². The van der Waals surface area contributed by atoms with Crippen LogP contribution in [0.15, 0.2) is 176 Å². The highest BCUT2D eigenvalue weighted by Gasteiger charge is 2.36. The molecule has 0 spiro atoms. The number of aromatic nitrogens is 3. The first-order chi connectivity index (χ1) is 26.4. The first-order valence-corrected chi connectivity index (χ1v) is 18.2. The van der Waals surface area contributed by atoms with Crippen molar-refractivity contribution >= 4 is 17.1 Å². The van der Waals surface area contributed by atoms with Crippen molar-refractivity contribution in [2.75, 3.05) is 5.32 Å². The van der Waals surface area contributed by atoms with Gasteiger partial charge in [0, 0.05) is 44.6 Å². The molecule has 0 bridgehead atoms. The van der Waals surface area contributed by atoms with Crippen molar-refractivity contribution in [2.45, 2.75) is 19.3 Å². The minimum Gasteiger partial charge on any atom is -0.355 e. The average molecular weight is 696 g/mol. The van der Waals surface area contributed by atoms with E-state index in [1.165, 1.54) is 11.1 Å². The standard InChI is InChI=1S/C49H37N5/c1-49(2)42-26-23-36(45(50)41-29-35(32-15-7-3-8-16-32)25-28-44(41)51-38-21-13-6-14-22-38)30-39(42)40-31-37(24-27-43(40)49)48-53-46(33-17-9-4-10-18-33)52-47(54-48)34-19-11-5-12-20-34/h3-31,50-51H,1-2H3. The zero-order valence-corrected chi connectivity index (χ0v) is 30.1. The first-order valence-electron chi connectivity index (χ1n) is 18.2. The summed E-state index contributed by atoms with van der Waals surface area (Å²) in [5.74, 6) is 1.89. The van der Waals surface area contributed by atoms with Gasteiger partial charge in [0.15, 0.2) is 17.5 Å². The van der Waals surface area contributed by atoms with E-state index in [9.17, 15) is 5.41 Å². The number of para-hydroxylation sites is 1. The molecule has 5 nitrogen and oxygen atoms in total. The number of nitrogens with one attached hydrogen (secondary N) is 2. The smallest absolute Gasteiger partial charge is 0.164 e. The SMILES string of the molecule is CC1(C)c2ccc(C(=N)c3cc(-c4ccccc4)ccc3Nc3ccccc3)cc2-c2cc(-c3nc(-c4ccccc4)nc(-c4ccccc4)n3)ccc21. The van der Waals surface area contributed by atoms with Crippen LogP contribution < -0.4 is 5.32 Å². The predicted octanol–water partition coefficient (Wildman–Crippen LogP) is 12.0. The van der Waals surface area contributed by atoms with E-state index in [-0.39, 0.29) is 5.41 Å². The van der Waals surface area contributed by atoms with E-state index < -0.39 is 0 Å². The van der Waals surface area contributed by atoms with E-state index in [1.807, 2.05) is 109 Å². The number of anilines is 2. The minimum absolute atomic E-state index is 0.222. The summed E-state index contributed by atoms with van der Waals surface area (Å²) in [6.07, 6.45) is 0. The molecule has 54 heavy (non-hydrogen) atoms. The second-order valence-corrected chi connectivity index (χ2v) is 14.2. The van der Waals surface area contributed by atoms with Crippen molar-refractivity contribution < 1.29 is 0 Å². The van der Waals surface area contributed by atoms with Gasteiger partial charge in [0.25, 0.3) is 0 Å². The highest BCUT2D eigenvalue weighted by molar-refractivity contribution is 6.15. The van der Waals surface area contributed by atoms with E-state index in [0.29, 0.717) is 23.2 Å². The molecule has 7 aromatic carbocycles. The second kappa shape index (κ2) is 13.5. The van der Waals surface area contributed by atoms with Gasteiger partial charge in [-0.3, -0.25) is 5.41 Å². The summed E-state index contributed by atoms with van der Waals surface area (Å²) in [5, 5.41) is 13.3. The number of hydrogen-bond donors (Lipinski definition) is 2. The largest absolute Gasteiger partial charge is 0.355 e. The molecule has 9 rings (SSSR count). The fraction of sp³-hybridized carbons (Fsp3) is 0.0612. The molecule has 0 atom stereocenters. The van der Waals surface area contributed by atoms with E-state index in [2.05, 4.69) is 85.9 Å². The molecular formula is C49H37N5. The van der Waals surface area contributed by atoms with Gasteiger partial charge in [-0.05, 0) is 69.8 Å². The molecule has 1 heterocycles. The minimum atomic E-state index is -0.222. The molecule has 2 N–H and O–H groups in total. The van der Waals surface area contributed by atoms with E-state index in [0.717, 1.165) is 61.4 Å². The van der Waals surface area contributed by atoms with Crippen molar-refractivity contribution in [3.8, 4) is 56.4 Å². The van der Waals surface area contributed by atoms with Crippen LogP contribution in [0.2, 0.25) is 0 Å². The van der Waals surface area contributed by atoms with Gasteiger partial charge >= 0.3 is 0 Å². The van der Waals surface area contributed by atoms with Crippen LogP contribution in [0.25, 0.3) is 56.4 Å². The van der Waals surface area contributed by atoms with Crippen molar-refractivity contribution in [3.05, 3.63) is 198 Å². The van der Waals surface area contributed by atoms with Crippen LogP contribution in [0.1, 0.15) is 36.1 Å². The lowest BCUT2D eigenvalue weighted by atomic mass is 9.82. The fourth-order valence-electron chi connectivity index (χ4n) is 7.50. The van der Waals surface area contributed by atoms with Gasteiger partial charge in [-0.15, -0.1) is 0 Å². The van der Waals surface area contributed by atoms with Gasteiger partial charge in [-0.2, -0.15) is 0 Å². The molecule has 0 saturated carbocycles. The van der Waals surface area contributed by atoms with E-state index in [4.69, 9.17) is 15.0 Å². The third kappa shape index (κ3) is 6.06. The fourth-order valence-corrected chi connectivity index (χ4v) is 7.50. The van der Waals surface area contributed by atoms with Crippen LogP contribution >= 0.6 is 0 Å². The van der Waals surface area contributed by atoms with Gasteiger partial charge in [0.2, 0.25) is 0 Å². The molecule has 5 heteroatoms. The Morgan fingerprint density at radius 2 is 0.944 bits per heavy atom. The van der Waals surface area contributed by atoms with Gasteiger partial charge in [-0.1, -0.05) is 153 Å². The molecule has 1 aliphatic rings. The zero-order valence-electron chi connectivity index (χ0n) is 30.1. The molecule has 0 fully saturated rings. The van der Waals surface area contributed by atoms with Gasteiger partial charge in [0.1, 0.15) is 0 Å².